The van der Waals surface area contributed by atoms with E-state index in [1.165, 1.54) is 23.8 Å². The molecule has 0 unspecified atom stereocenters. The zero-order valence-corrected chi connectivity index (χ0v) is 7.70. The molecule has 1 heterocycles. The highest BCUT2D eigenvalue weighted by Crippen LogP contribution is 2.40. The molecule has 1 aromatic heterocycles. The Labute approximate surface area is 77.2 Å². The topological polar surface area (TPSA) is 17.8 Å². The molecule has 0 spiro atoms. The predicted molar refractivity (Wildman–Crippen MR) is 52.7 cm³/mol. The summed E-state index contributed by atoms with van der Waals surface area (Å²) in [5.41, 5.74) is 2.59. The molecule has 2 nitrogen and oxygen atoms in total. The average molecular weight is 172 g/mol. The maximum Gasteiger partial charge on any atom is 0.0923 e. The molecule has 1 aliphatic carbocycles. The van der Waals surface area contributed by atoms with Crippen LogP contribution in [0.4, 0.5) is 0 Å². The second-order valence-electron chi connectivity index (χ2n) is 3.90. The molecule has 2 aromatic rings. The van der Waals surface area contributed by atoms with E-state index in [1.54, 1.807) is 0 Å². The Hall–Kier alpha value is -1.31. The first-order chi connectivity index (χ1) is 6.33. The Balaban J connectivity index is 2.20. The van der Waals surface area contributed by atoms with Crippen LogP contribution in [-0.4, -0.2) is 9.78 Å². The minimum atomic E-state index is 0.838. The van der Waals surface area contributed by atoms with Crippen LogP contribution in [0.5, 0.6) is 0 Å². The van der Waals surface area contributed by atoms with Crippen molar-refractivity contribution >= 4 is 10.9 Å². The molecule has 1 fully saturated rings. The van der Waals surface area contributed by atoms with E-state index in [4.69, 9.17) is 0 Å². The van der Waals surface area contributed by atoms with Gasteiger partial charge in [0.1, 0.15) is 0 Å². The fraction of sp³-hybridized carbons (Fsp3) is 0.364. The normalized spacial score (nSPS) is 16.7. The molecule has 0 amide bonds. The summed E-state index contributed by atoms with van der Waals surface area (Å²) in [7, 11) is 1.97. The lowest BCUT2D eigenvalue weighted by Crippen LogP contribution is -1.84. The molecule has 3 rings (SSSR count). The Bertz CT molecular complexity index is 452. The number of nitrogens with zero attached hydrogens (tertiary/aromatic N) is 2. The van der Waals surface area contributed by atoms with E-state index in [0.29, 0.717) is 0 Å². The standard InChI is InChI=1S/C11H12N2/c1-13-7-10-6-9(8-2-3-8)4-5-11(10)12-13/h4-8H,2-3H2,1H3. The minimum absolute atomic E-state index is 0.838. The molecule has 2 heteroatoms. The fourth-order valence-corrected chi connectivity index (χ4v) is 1.84. The zero-order valence-electron chi connectivity index (χ0n) is 7.70. The van der Waals surface area contributed by atoms with E-state index >= 15 is 0 Å². The van der Waals surface area contributed by atoms with Crippen LogP contribution in [0.2, 0.25) is 0 Å². The summed E-state index contributed by atoms with van der Waals surface area (Å²) in [6, 6.07) is 6.62. The molecular weight excluding hydrogens is 160 g/mol. The largest absolute Gasteiger partial charge is 0.275 e. The molecule has 1 aliphatic rings. The first kappa shape index (κ1) is 7.13. The maximum absolute atomic E-state index is 4.35. The fourth-order valence-electron chi connectivity index (χ4n) is 1.84. The third-order valence-electron chi connectivity index (χ3n) is 2.69. The van der Waals surface area contributed by atoms with Gasteiger partial charge in [-0.3, -0.25) is 4.68 Å². The van der Waals surface area contributed by atoms with Gasteiger partial charge in [-0.1, -0.05) is 6.07 Å². The molecule has 0 radical (unpaired) electrons. The number of hydrogen-bond donors (Lipinski definition) is 0. The highest BCUT2D eigenvalue weighted by atomic mass is 15.2. The van der Waals surface area contributed by atoms with Gasteiger partial charge in [0, 0.05) is 18.6 Å². The van der Waals surface area contributed by atoms with Gasteiger partial charge in [-0.05, 0) is 36.5 Å². The second kappa shape index (κ2) is 2.34. The number of rotatable bonds is 1. The van der Waals surface area contributed by atoms with Crippen molar-refractivity contribution in [3.05, 3.63) is 30.0 Å². The number of aryl methyl sites for hydroxylation is 1. The van der Waals surface area contributed by atoms with E-state index in [9.17, 15) is 0 Å². The van der Waals surface area contributed by atoms with Crippen molar-refractivity contribution in [3.63, 3.8) is 0 Å². The smallest absolute Gasteiger partial charge is 0.0923 e. The molecule has 0 N–H and O–H groups in total. The SMILES string of the molecule is Cn1cc2cc(C3CC3)ccc2n1. The first-order valence-electron chi connectivity index (χ1n) is 4.76. The summed E-state index contributed by atoms with van der Waals surface area (Å²) < 4.78 is 1.88. The van der Waals surface area contributed by atoms with Crippen molar-refractivity contribution in [3.8, 4) is 0 Å². The van der Waals surface area contributed by atoms with Gasteiger partial charge in [0.2, 0.25) is 0 Å². The summed E-state index contributed by atoms with van der Waals surface area (Å²) in [6.07, 6.45) is 4.82. The lowest BCUT2D eigenvalue weighted by atomic mass is 10.1. The van der Waals surface area contributed by atoms with Crippen LogP contribution < -0.4 is 0 Å². The molecule has 1 aromatic carbocycles. The van der Waals surface area contributed by atoms with Crippen LogP contribution in [0, 0.1) is 0 Å². The number of fused-ring (bicyclic) bond motifs is 1. The van der Waals surface area contributed by atoms with Crippen LogP contribution in [0.25, 0.3) is 10.9 Å². The molecule has 0 saturated heterocycles. The molecule has 1 saturated carbocycles. The molecule has 0 aliphatic heterocycles. The van der Waals surface area contributed by atoms with Crippen molar-refractivity contribution in [2.75, 3.05) is 0 Å². The zero-order chi connectivity index (χ0) is 8.84. The molecule has 66 valence electrons. The third-order valence-corrected chi connectivity index (χ3v) is 2.69. The Morgan fingerprint density at radius 1 is 1.38 bits per heavy atom. The van der Waals surface area contributed by atoms with Crippen LogP contribution in [0.1, 0.15) is 24.3 Å². The first-order valence-corrected chi connectivity index (χ1v) is 4.76. The van der Waals surface area contributed by atoms with E-state index in [2.05, 4.69) is 29.5 Å². The van der Waals surface area contributed by atoms with Crippen molar-refractivity contribution in [2.45, 2.75) is 18.8 Å². The van der Waals surface area contributed by atoms with Gasteiger partial charge in [0.05, 0.1) is 5.52 Å². The maximum atomic E-state index is 4.35. The van der Waals surface area contributed by atoms with Gasteiger partial charge in [0.15, 0.2) is 0 Å². The van der Waals surface area contributed by atoms with Gasteiger partial charge in [-0.2, -0.15) is 5.10 Å². The predicted octanol–water partition coefficient (Wildman–Crippen LogP) is 2.45. The third kappa shape index (κ3) is 1.13. The summed E-state index contributed by atoms with van der Waals surface area (Å²) in [5, 5.41) is 5.62. The summed E-state index contributed by atoms with van der Waals surface area (Å²) in [4.78, 5) is 0. The van der Waals surface area contributed by atoms with Crippen molar-refractivity contribution in [1.29, 1.82) is 0 Å². The number of aromatic nitrogens is 2. The Morgan fingerprint density at radius 3 is 3.00 bits per heavy atom. The van der Waals surface area contributed by atoms with Crippen molar-refractivity contribution < 1.29 is 0 Å². The average Bonchev–Trinajstić information content (AvgIpc) is 2.87. The van der Waals surface area contributed by atoms with E-state index in [-0.39, 0.29) is 0 Å². The van der Waals surface area contributed by atoms with E-state index < -0.39 is 0 Å². The van der Waals surface area contributed by atoms with Gasteiger partial charge < -0.3 is 0 Å². The van der Waals surface area contributed by atoms with Crippen LogP contribution in [-0.2, 0) is 7.05 Å². The van der Waals surface area contributed by atoms with E-state index in [0.717, 1.165) is 11.4 Å². The summed E-state index contributed by atoms with van der Waals surface area (Å²) >= 11 is 0. The van der Waals surface area contributed by atoms with Crippen LogP contribution in [0.3, 0.4) is 0 Å². The molecule has 0 atom stereocenters. The van der Waals surface area contributed by atoms with Gasteiger partial charge in [0.25, 0.3) is 0 Å². The number of hydrogen-bond acceptors (Lipinski definition) is 1. The highest BCUT2D eigenvalue weighted by Gasteiger charge is 2.23. The monoisotopic (exact) mass is 172 g/mol. The van der Waals surface area contributed by atoms with Gasteiger partial charge in [-0.25, -0.2) is 0 Å². The van der Waals surface area contributed by atoms with Gasteiger partial charge in [-0.15, -0.1) is 0 Å². The van der Waals surface area contributed by atoms with Crippen molar-refractivity contribution in [2.24, 2.45) is 7.05 Å². The number of benzene rings is 1. The lowest BCUT2D eigenvalue weighted by molar-refractivity contribution is 0.780. The van der Waals surface area contributed by atoms with Gasteiger partial charge >= 0.3 is 0 Å². The van der Waals surface area contributed by atoms with Crippen LogP contribution in [0.15, 0.2) is 24.4 Å². The summed E-state index contributed by atoms with van der Waals surface area (Å²) in [5.74, 6) is 0.838. The Kier molecular flexibility index (Phi) is 1.29. The minimum Gasteiger partial charge on any atom is -0.275 e. The van der Waals surface area contributed by atoms with E-state index in [1.807, 2.05) is 11.7 Å². The highest BCUT2D eigenvalue weighted by molar-refractivity contribution is 5.79. The van der Waals surface area contributed by atoms with Crippen LogP contribution >= 0.6 is 0 Å². The molecular formula is C11H12N2. The quantitative estimate of drug-likeness (QED) is 0.646. The molecule has 0 bridgehead atoms. The molecule has 13 heavy (non-hydrogen) atoms. The summed E-state index contributed by atoms with van der Waals surface area (Å²) in [6.45, 7) is 0. The second-order valence-corrected chi connectivity index (χ2v) is 3.90. The Morgan fingerprint density at radius 2 is 2.23 bits per heavy atom. The van der Waals surface area contributed by atoms with Crippen molar-refractivity contribution in [1.82, 2.24) is 9.78 Å². The lowest BCUT2D eigenvalue weighted by Gasteiger charge is -1.95.